The van der Waals surface area contributed by atoms with E-state index in [-0.39, 0.29) is 6.61 Å². The van der Waals surface area contributed by atoms with Gasteiger partial charge in [0, 0.05) is 6.61 Å². The highest BCUT2D eigenvalue weighted by atomic mass is 16.3. The van der Waals surface area contributed by atoms with Crippen LogP contribution in [0.25, 0.3) is 0 Å². The summed E-state index contributed by atoms with van der Waals surface area (Å²) in [7, 11) is 0. The molecule has 1 unspecified atom stereocenters. The van der Waals surface area contributed by atoms with Crippen molar-refractivity contribution in [1.29, 1.82) is 0 Å². The summed E-state index contributed by atoms with van der Waals surface area (Å²) in [5.41, 5.74) is 4.04. The first-order valence-corrected chi connectivity index (χ1v) is 5.74. The maximum atomic E-state index is 9.07. The molecule has 0 aliphatic heterocycles. The number of aliphatic hydroxyl groups is 1. The van der Waals surface area contributed by atoms with Gasteiger partial charge in [-0.25, -0.2) is 0 Å². The maximum absolute atomic E-state index is 9.07. The van der Waals surface area contributed by atoms with E-state index in [2.05, 4.69) is 45.9 Å². The summed E-state index contributed by atoms with van der Waals surface area (Å²) in [4.78, 5) is 0. The monoisotopic (exact) mass is 206 g/mol. The minimum atomic E-state index is 0.274. The minimum absolute atomic E-state index is 0.274. The van der Waals surface area contributed by atoms with E-state index in [1.807, 2.05) is 0 Å². The topological polar surface area (TPSA) is 20.2 Å². The van der Waals surface area contributed by atoms with Gasteiger partial charge in [-0.05, 0) is 48.8 Å². The second kappa shape index (κ2) is 5.32. The highest BCUT2D eigenvalue weighted by Crippen LogP contribution is 2.28. The number of hydrogen-bond donors (Lipinski definition) is 1. The van der Waals surface area contributed by atoms with E-state index in [4.69, 9.17) is 5.11 Å². The van der Waals surface area contributed by atoms with Crippen molar-refractivity contribution in [2.45, 2.75) is 40.0 Å². The molecule has 84 valence electrons. The van der Waals surface area contributed by atoms with Crippen LogP contribution < -0.4 is 0 Å². The van der Waals surface area contributed by atoms with Crippen LogP contribution in [0.5, 0.6) is 0 Å². The fourth-order valence-corrected chi connectivity index (χ4v) is 2.02. The Morgan fingerprint density at radius 1 is 1.13 bits per heavy atom. The van der Waals surface area contributed by atoms with Gasteiger partial charge < -0.3 is 5.11 Å². The van der Waals surface area contributed by atoms with E-state index >= 15 is 0 Å². The van der Waals surface area contributed by atoms with Gasteiger partial charge in [-0.1, -0.05) is 32.0 Å². The van der Waals surface area contributed by atoms with Crippen LogP contribution >= 0.6 is 0 Å². The number of rotatable bonds is 4. The number of hydrogen-bond acceptors (Lipinski definition) is 1. The molecule has 0 fully saturated rings. The fraction of sp³-hybridized carbons (Fsp3) is 0.571. The lowest BCUT2D eigenvalue weighted by Crippen LogP contribution is -2.09. The van der Waals surface area contributed by atoms with Gasteiger partial charge in [0.2, 0.25) is 0 Å². The van der Waals surface area contributed by atoms with Crippen LogP contribution in [0.2, 0.25) is 0 Å². The molecule has 1 aromatic carbocycles. The molecule has 0 aliphatic carbocycles. The van der Waals surface area contributed by atoms with E-state index < -0.39 is 0 Å². The summed E-state index contributed by atoms with van der Waals surface area (Å²) in [6.07, 6.45) is 0.861. The van der Waals surface area contributed by atoms with Crippen molar-refractivity contribution in [3.63, 3.8) is 0 Å². The molecular weight excluding hydrogens is 184 g/mol. The number of benzene rings is 1. The smallest absolute Gasteiger partial charge is 0.0436 e. The lowest BCUT2D eigenvalue weighted by molar-refractivity contribution is 0.261. The van der Waals surface area contributed by atoms with E-state index in [0.29, 0.717) is 11.8 Å². The van der Waals surface area contributed by atoms with Gasteiger partial charge in [0.25, 0.3) is 0 Å². The summed E-state index contributed by atoms with van der Waals surface area (Å²) >= 11 is 0. The van der Waals surface area contributed by atoms with Gasteiger partial charge in [-0.15, -0.1) is 0 Å². The molecular formula is C14H22O. The summed E-state index contributed by atoms with van der Waals surface area (Å²) in [6.45, 7) is 8.99. The third-order valence-electron chi connectivity index (χ3n) is 3.20. The van der Waals surface area contributed by atoms with Gasteiger partial charge in [0.15, 0.2) is 0 Å². The van der Waals surface area contributed by atoms with Crippen molar-refractivity contribution in [2.24, 2.45) is 5.92 Å². The molecule has 0 heterocycles. The average molecular weight is 206 g/mol. The predicted octanol–water partition coefficient (Wildman–Crippen LogP) is 3.43. The average Bonchev–Trinajstić information content (AvgIpc) is 2.18. The second-order valence-electron chi connectivity index (χ2n) is 4.71. The minimum Gasteiger partial charge on any atom is -0.396 e. The zero-order valence-corrected chi connectivity index (χ0v) is 10.2. The van der Waals surface area contributed by atoms with Crippen LogP contribution in [0.3, 0.4) is 0 Å². The van der Waals surface area contributed by atoms with Crippen LogP contribution in [0.1, 0.15) is 42.9 Å². The quantitative estimate of drug-likeness (QED) is 0.800. The predicted molar refractivity (Wildman–Crippen MR) is 65.2 cm³/mol. The van der Waals surface area contributed by atoms with E-state index in [0.717, 1.165) is 6.42 Å². The van der Waals surface area contributed by atoms with Crippen molar-refractivity contribution in [3.8, 4) is 0 Å². The van der Waals surface area contributed by atoms with Crippen molar-refractivity contribution in [1.82, 2.24) is 0 Å². The Hall–Kier alpha value is -0.820. The molecule has 1 aromatic rings. The zero-order valence-electron chi connectivity index (χ0n) is 10.2. The standard InChI is InChI=1S/C14H22O/c1-10(2)14(7-8-15)13-6-5-11(3)12(4)9-13/h5-6,9-10,14-15H,7-8H2,1-4H3. The molecule has 1 atom stereocenters. The van der Waals surface area contributed by atoms with Gasteiger partial charge >= 0.3 is 0 Å². The molecule has 0 saturated carbocycles. The molecule has 1 rings (SSSR count). The maximum Gasteiger partial charge on any atom is 0.0436 e. The molecule has 0 radical (unpaired) electrons. The Labute approximate surface area is 93.1 Å². The fourth-order valence-electron chi connectivity index (χ4n) is 2.02. The zero-order chi connectivity index (χ0) is 11.4. The first-order chi connectivity index (χ1) is 7.06. The Morgan fingerprint density at radius 2 is 1.80 bits per heavy atom. The Morgan fingerprint density at radius 3 is 2.27 bits per heavy atom. The van der Waals surface area contributed by atoms with Crippen LogP contribution in [0.15, 0.2) is 18.2 Å². The van der Waals surface area contributed by atoms with Crippen molar-refractivity contribution in [3.05, 3.63) is 34.9 Å². The van der Waals surface area contributed by atoms with Gasteiger partial charge in [0.05, 0.1) is 0 Å². The second-order valence-corrected chi connectivity index (χ2v) is 4.71. The van der Waals surface area contributed by atoms with Crippen molar-refractivity contribution >= 4 is 0 Å². The molecule has 0 spiro atoms. The molecule has 1 N–H and O–H groups in total. The highest BCUT2D eigenvalue weighted by Gasteiger charge is 2.15. The molecule has 0 aromatic heterocycles. The Balaban J connectivity index is 2.95. The highest BCUT2D eigenvalue weighted by molar-refractivity contribution is 5.32. The SMILES string of the molecule is Cc1ccc(C(CCO)C(C)C)cc1C. The van der Waals surface area contributed by atoms with E-state index in [1.165, 1.54) is 16.7 Å². The summed E-state index contributed by atoms with van der Waals surface area (Å²) in [5.74, 6) is 1.06. The van der Waals surface area contributed by atoms with Gasteiger partial charge in [-0.3, -0.25) is 0 Å². The van der Waals surface area contributed by atoms with Crippen LogP contribution in [-0.2, 0) is 0 Å². The summed E-state index contributed by atoms with van der Waals surface area (Å²) < 4.78 is 0. The molecule has 1 nitrogen and oxygen atoms in total. The van der Waals surface area contributed by atoms with Gasteiger partial charge in [-0.2, -0.15) is 0 Å². The van der Waals surface area contributed by atoms with Gasteiger partial charge in [0.1, 0.15) is 0 Å². The number of aliphatic hydroxyl groups excluding tert-OH is 1. The van der Waals surface area contributed by atoms with E-state index in [9.17, 15) is 0 Å². The van der Waals surface area contributed by atoms with E-state index in [1.54, 1.807) is 0 Å². The summed E-state index contributed by atoms with van der Waals surface area (Å²) in [6, 6.07) is 6.63. The summed E-state index contributed by atoms with van der Waals surface area (Å²) in [5, 5.41) is 9.07. The molecule has 0 bridgehead atoms. The lowest BCUT2D eigenvalue weighted by Gasteiger charge is -2.21. The first kappa shape index (κ1) is 12.3. The molecule has 0 aliphatic rings. The van der Waals surface area contributed by atoms with Crippen LogP contribution in [0.4, 0.5) is 0 Å². The largest absolute Gasteiger partial charge is 0.396 e. The Bertz CT molecular complexity index is 315. The molecule has 0 saturated heterocycles. The first-order valence-electron chi connectivity index (χ1n) is 5.74. The molecule has 15 heavy (non-hydrogen) atoms. The third-order valence-corrected chi connectivity index (χ3v) is 3.20. The Kier molecular flexibility index (Phi) is 4.34. The molecule has 1 heteroatoms. The van der Waals surface area contributed by atoms with Crippen LogP contribution in [-0.4, -0.2) is 11.7 Å². The molecule has 0 amide bonds. The van der Waals surface area contributed by atoms with Crippen LogP contribution in [0, 0.1) is 19.8 Å². The third kappa shape index (κ3) is 3.07. The lowest BCUT2D eigenvalue weighted by atomic mass is 9.85. The van der Waals surface area contributed by atoms with Crippen molar-refractivity contribution in [2.75, 3.05) is 6.61 Å². The normalized spacial score (nSPS) is 13.2. The number of aryl methyl sites for hydroxylation is 2. The van der Waals surface area contributed by atoms with Crippen molar-refractivity contribution < 1.29 is 5.11 Å².